The quantitative estimate of drug-likeness (QED) is 0.672. The minimum absolute atomic E-state index is 0.0561. The van der Waals surface area contributed by atoms with Gasteiger partial charge < -0.3 is 4.90 Å². The third kappa shape index (κ3) is 3.26. The number of carbonyl (C=O) groups excluding carboxylic acids is 1. The van der Waals surface area contributed by atoms with Gasteiger partial charge in [-0.15, -0.1) is 0 Å². The Morgan fingerprint density at radius 3 is 2.60 bits per heavy atom. The van der Waals surface area contributed by atoms with Crippen molar-refractivity contribution in [3.05, 3.63) is 35.1 Å². The van der Waals surface area contributed by atoms with Crippen molar-refractivity contribution in [2.45, 2.75) is 19.1 Å². The molecule has 0 saturated carbocycles. The molecule has 1 aliphatic rings. The fraction of sp³-hybridized carbons (Fsp3) is 0.462. The third-order valence-corrected chi connectivity index (χ3v) is 3.81. The molecule has 1 aromatic rings. The summed E-state index contributed by atoms with van der Waals surface area (Å²) in [5.41, 5.74) is -1.12. The van der Waals surface area contributed by atoms with Crippen LogP contribution in [-0.4, -0.2) is 23.1 Å². The Kier molecular flexibility index (Phi) is 4.27. The van der Waals surface area contributed by atoms with E-state index in [9.17, 15) is 22.4 Å². The van der Waals surface area contributed by atoms with Crippen LogP contribution in [0, 0.1) is 11.7 Å². The number of hydrogen-bond donors (Lipinski definition) is 1. The molecule has 0 aromatic heterocycles. The molecular weight excluding hydrogens is 294 g/mol. The first-order valence-electron chi connectivity index (χ1n) is 6.05. The molecule has 1 heterocycles. The summed E-state index contributed by atoms with van der Waals surface area (Å²) in [5, 5.41) is 0. The Balaban J connectivity index is 2.24. The monoisotopic (exact) mass is 307 g/mol. The van der Waals surface area contributed by atoms with Gasteiger partial charge in [0, 0.05) is 19.5 Å². The lowest BCUT2D eigenvalue weighted by Gasteiger charge is -2.20. The predicted molar refractivity (Wildman–Crippen MR) is 68.8 cm³/mol. The minimum atomic E-state index is -4.64. The zero-order valence-corrected chi connectivity index (χ0v) is 11.3. The molecule has 1 amide bonds. The summed E-state index contributed by atoms with van der Waals surface area (Å²) in [6, 6.07) is 2.52. The Morgan fingerprint density at radius 1 is 1.35 bits per heavy atom. The molecule has 2 nitrogen and oxygen atoms in total. The molecule has 20 heavy (non-hydrogen) atoms. The van der Waals surface area contributed by atoms with Gasteiger partial charge >= 0.3 is 6.18 Å². The molecule has 0 N–H and O–H groups in total. The molecule has 0 spiro atoms. The van der Waals surface area contributed by atoms with Crippen LogP contribution in [0.4, 0.5) is 17.6 Å². The van der Waals surface area contributed by atoms with Gasteiger partial charge in [0.2, 0.25) is 5.91 Å². The molecule has 1 fully saturated rings. The number of likely N-dealkylation sites (tertiary alicyclic amines) is 1. The van der Waals surface area contributed by atoms with Crippen molar-refractivity contribution in [2.75, 3.05) is 12.3 Å². The molecule has 1 saturated heterocycles. The first kappa shape index (κ1) is 15.2. The second-order valence-electron chi connectivity index (χ2n) is 4.83. The Morgan fingerprint density at radius 2 is 2.05 bits per heavy atom. The molecule has 1 aliphatic heterocycles. The number of rotatable bonds is 3. The van der Waals surface area contributed by atoms with Gasteiger partial charge in [0.1, 0.15) is 5.82 Å². The molecule has 2 rings (SSSR count). The molecule has 0 radical (unpaired) electrons. The molecule has 110 valence electrons. The van der Waals surface area contributed by atoms with Crippen LogP contribution in [0.15, 0.2) is 18.2 Å². The number of benzene rings is 1. The SMILES string of the molecule is O=C1CC(CS)CN1Cc1ccc(F)cc1C(F)(F)F. The molecule has 0 bridgehead atoms. The molecule has 0 aliphatic carbocycles. The fourth-order valence-electron chi connectivity index (χ4n) is 2.29. The van der Waals surface area contributed by atoms with Crippen LogP contribution in [0.3, 0.4) is 0 Å². The van der Waals surface area contributed by atoms with Crippen molar-refractivity contribution in [3.63, 3.8) is 0 Å². The number of nitrogens with zero attached hydrogens (tertiary/aromatic N) is 1. The van der Waals surface area contributed by atoms with E-state index in [2.05, 4.69) is 12.6 Å². The molecular formula is C13H13F4NOS. The van der Waals surface area contributed by atoms with Crippen LogP contribution < -0.4 is 0 Å². The summed E-state index contributed by atoms with van der Waals surface area (Å²) in [4.78, 5) is 13.1. The van der Waals surface area contributed by atoms with E-state index >= 15 is 0 Å². The zero-order chi connectivity index (χ0) is 14.9. The van der Waals surface area contributed by atoms with E-state index in [1.807, 2.05) is 0 Å². The maximum Gasteiger partial charge on any atom is 0.416 e. The number of hydrogen-bond acceptors (Lipinski definition) is 2. The van der Waals surface area contributed by atoms with Crippen molar-refractivity contribution in [2.24, 2.45) is 5.92 Å². The van der Waals surface area contributed by atoms with Crippen LogP contribution >= 0.6 is 12.6 Å². The average molecular weight is 307 g/mol. The van der Waals surface area contributed by atoms with E-state index in [1.165, 1.54) is 4.90 Å². The number of halogens is 4. The Bertz CT molecular complexity index is 518. The van der Waals surface area contributed by atoms with Crippen LogP contribution in [0.25, 0.3) is 0 Å². The third-order valence-electron chi connectivity index (χ3n) is 3.29. The summed E-state index contributed by atoms with van der Waals surface area (Å²) < 4.78 is 51.6. The first-order valence-corrected chi connectivity index (χ1v) is 6.68. The second-order valence-corrected chi connectivity index (χ2v) is 5.19. The van der Waals surface area contributed by atoms with E-state index in [1.54, 1.807) is 0 Å². The lowest BCUT2D eigenvalue weighted by molar-refractivity contribution is -0.139. The Labute approximate surface area is 119 Å². The summed E-state index contributed by atoms with van der Waals surface area (Å²) >= 11 is 4.09. The standard InChI is InChI=1S/C13H13F4NOS/c14-10-2-1-9(11(4-10)13(15,16)17)6-18-5-8(7-20)3-12(18)19/h1-2,4,8,20H,3,5-7H2. The van der Waals surface area contributed by atoms with Crippen molar-refractivity contribution in [1.29, 1.82) is 0 Å². The largest absolute Gasteiger partial charge is 0.416 e. The maximum absolute atomic E-state index is 13.0. The van der Waals surface area contributed by atoms with Gasteiger partial charge in [0.15, 0.2) is 0 Å². The highest BCUT2D eigenvalue weighted by Crippen LogP contribution is 2.34. The van der Waals surface area contributed by atoms with Gasteiger partial charge in [-0.05, 0) is 29.4 Å². The number of thiol groups is 1. The summed E-state index contributed by atoms with van der Waals surface area (Å²) in [6.45, 7) is 0.231. The minimum Gasteiger partial charge on any atom is -0.338 e. The van der Waals surface area contributed by atoms with Crippen molar-refractivity contribution >= 4 is 18.5 Å². The molecule has 1 unspecified atom stereocenters. The smallest absolute Gasteiger partial charge is 0.338 e. The van der Waals surface area contributed by atoms with E-state index in [0.717, 1.165) is 12.1 Å². The van der Waals surface area contributed by atoms with Crippen molar-refractivity contribution in [1.82, 2.24) is 4.90 Å². The van der Waals surface area contributed by atoms with Crippen LogP contribution in [0.2, 0.25) is 0 Å². The van der Waals surface area contributed by atoms with Gasteiger partial charge in [-0.25, -0.2) is 4.39 Å². The number of amides is 1. The Hall–Kier alpha value is -1.24. The van der Waals surface area contributed by atoms with Crippen molar-refractivity contribution < 1.29 is 22.4 Å². The van der Waals surface area contributed by atoms with Crippen LogP contribution in [0.5, 0.6) is 0 Å². The first-order chi connectivity index (χ1) is 9.31. The summed E-state index contributed by atoms with van der Waals surface area (Å²) in [7, 11) is 0. The normalized spacial score (nSPS) is 19.8. The summed E-state index contributed by atoms with van der Waals surface area (Å²) in [5.74, 6) is -0.568. The van der Waals surface area contributed by atoms with Gasteiger partial charge in [-0.2, -0.15) is 25.8 Å². The molecule has 1 aromatic carbocycles. The zero-order valence-electron chi connectivity index (χ0n) is 10.5. The van der Waals surface area contributed by atoms with Crippen LogP contribution in [-0.2, 0) is 17.5 Å². The van der Waals surface area contributed by atoms with E-state index in [0.29, 0.717) is 24.8 Å². The second kappa shape index (κ2) is 5.63. The lowest BCUT2D eigenvalue weighted by atomic mass is 10.1. The fourth-order valence-corrected chi connectivity index (χ4v) is 2.53. The molecule has 7 heteroatoms. The number of alkyl halides is 3. The lowest BCUT2D eigenvalue weighted by Crippen LogP contribution is -2.26. The van der Waals surface area contributed by atoms with Gasteiger partial charge in [-0.3, -0.25) is 4.79 Å². The number of carbonyl (C=O) groups is 1. The van der Waals surface area contributed by atoms with E-state index in [4.69, 9.17) is 0 Å². The van der Waals surface area contributed by atoms with Gasteiger partial charge in [0.25, 0.3) is 0 Å². The maximum atomic E-state index is 13.0. The highest BCUT2D eigenvalue weighted by molar-refractivity contribution is 7.80. The summed E-state index contributed by atoms with van der Waals surface area (Å²) in [6.07, 6.45) is -4.34. The van der Waals surface area contributed by atoms with Crippen LogP contribution in [0.1, 0.15) is 17.5 Å². The topological polar surface area (TPSA) is 20.3 Å². The highest BCUT2D eigenvalue weighted by Gasteiger charge is 2.36. The van der Waals surface area contributed by atoms with E-state index in [-0.39, 0.29) is 23.9 Å². The van der Waals surface area contributed by atoms with E-state index < -0.39 is 17.6 Å². The van der Waals surface area contributed by atoms with Gasteiger partial charge in [-0.1, -0.05) is 6.07 Å². The average Bonchev–Trinajstić information content (AvgIpc) is 2.71. The predicted octanol–water partition coefficient (Wildman–Crippen LogP) is 3.12. The van der Waals surface area contributed by atoms with Crippen molar-refractivity contribution in [3.8, 4) is 0 Å². The molecule has 1 atom stereocenters. The van der Waals surface area contributed by atoms with Gasteiger partial charge in [0.05, 0.1) is 5.56 Å². The highest BCUT2D eigenvalue weighted by atomic mass is 32.1.